The fourth-order valence-electron chi connectivity index (χ4n) is 3.10. The third-order valence-corrected chi connectivity index (χ3v) is 4.28. The SMILES string of the molecule is Cc1cccc(OC(=O)COc2c3ccccc3cc3ccccc23)c1. The zero-order valence-corrected chi connectivity index (χ0v) is 14.4. The molecule has 4 aromatic carbocycles. The lowest BCUT2D eigenvalue weighted by Gasteiger charge is -2.13. The minimum atomic E-state index is -0.424. The Bertz CT molecular complexity index is 1040. The quantitative estimate of drug-likeness (QED) is 0.287. The molecule has 0 bridgehead atoms. The molecule has 0 saturated carbocycles. The maximum absolute atomic E-state index is 12.2. The smallest absolute Gasteiger partial charge is 0.349 e. The monoisotopic (exact) mass is 342 g/mol. The summed E-state index contributed by atoms with van der Waals surface area (Å²) in [5, 5.41) is 4.12. The molecule has 0 aliphatic carbocycles. The van der Waals surface area contributed by atoms with E-state index in [9.17, 15) is 4.79 Å². The van der Waals surface area contributed by atoms with E-state index < -0.39 is 5.97 Å². The summed E-state index contributed by atoms with van der Waals surface area (Å²) < 4.78 is 11.3. The maximum Gasteiger partial charge on any atom is 0.349 e. The molecule has 0 saturated heterocycles. The molecule has 0 heterocycles. The van der Waals surface area contributed by atoms with E-state index in [-0.39, 0.29) is 6.61 Å². The van der Waals surface area contributed by atoms with Crippen LogP contribution in [0.5, 0.6) is 11.5 Å². The second-order valence-electron chi connectivity index (χ2n) is 6.23. The number of aryl methyl sites for hydroxylation is 1. The van der Waals surface area contributed by atoms with Gasteiger partial charge in [-0.05, 0) is 41.5 Å². The largest absolute Gasteiger partial charge is 0.481 e. The van der Waals surface area contributed by atoms with Crippen molar-refractivity contribution in [1.29, 1.82) is 0 Å². The first-order valence-electron chi connectivity index (χ1n) is 8.51. The number of rotatable bonds is 4. The molecule has 0 atom stereocenters. The van der Waals surface area contributed by atoms with Crippen LogP contribution in [0.1, 0.15) is 5.56 Å². The highest BCUT2D eigenvalue weighted by Gasteiger charge is 2.12. The fraction of sp³-hybridized carbons (Fsp3) is 0.0870. The highest BCUT2D eigenvalue weighted by Crippen LogP contribution is 2.34. The molecule has 4 rings (SSSR count). The van der Waals surface area contributed by atoms with Crippen molar-refractivity contribution in [3.05, 3.63) is 84.4 Å². The predicted molar refractivity (Wildman–Crippen MR) is 104 cm³/mol. The molecule has 26 heavy (non-hydrogen) atoms. The Hall–Kier alpha value is -3.33. The summed E-state index contributed by atoms with van der Waals surface area (Å²) in [6.07, 6.45) is 0. The van der Waals surface area contributed by atoms with Crippen LogP contribution in [-0.2, 0) is 4.79 Å². The highest BCUT2D eigenvalue weighted by molar-refractivity contribution is 6.05. The Morgan fingerprint density at radius 2 is 1.46 bits per heavy atom. The zero-order chi connectivity index (χ0) is 17.9. The van der Waals surface area contributed by atoms with Gasteiger partial charge >= 0.3 is 5.97 Å². The second-order valence-corrected chi connectivity index (χ2v) is 6.23. The van der Waals surface area contributed by atoms with Gasteiger partial charge in [-0.1, -0.05) is 60.7 Å². The Morgan fingerprint density at radius 1 is 0.808 bits per heavy atom. The second kappa shape index (κ2) is 6.89. The van der Waals surface area contributed by atoms with Crippen molar-refractivity contribution in [3.8, 4) is 11.5 Å². The van der Waals surface area contributed by atoms with E-state index in [0.717, 1.165) is 27.1 Å². The predicted octanol–water partition coefficient (Wildman–Crippen LogP) is 5.29. The number of carbonyl (C=O) groups excluding carboxylic acids is 1. The van der Waals surface area contributed by atoms with E-state index in [1.165, 1.54) is 0 Å². The molecule has 0 radical (unpaired) electrons. The number of carbonyl (C=O) groups is 1. The minimum Gasteiger partial charge on any atom is -0.481 e. The normalized spacial score (nSPS) is 10.8. The van der Waals surface area contributed by atoms with Crippen LogP contribution in [0.4, 0.5) is 0 Å². The summed E-state index contributed by atoms with van der Waals surface area (Å²) >= 11 is 0. The summed E-state index contributed by atoms with van der Waals surface area (Å²) in [7, 11) is 0. The molecule has 4 aromatic rings. The standard InChI is InChI=1S/C23H18O3/c1-16-7-6-10-19(13-16)26-22(24)15-25-23-20-11-4-2-8-17(20)14-18-9-3-5-12-21(18)23/h2-14H,15H2,1H3. The van der Waals surface area contributed by atoms with Gasteiger partial charge in [0.25, 0.3) is 0 Å². The molecule has 0 N–H and O–H groups in total. The van der Waals surface area contributed by atoms with Crippen LogP contribution in [0.2, 0.25) is 0 Å². The number of benzene rings is 4. The Labute approximate surface area is 151 Å². The van der Waals surface area contributed by atoms with Crippen LogP contribution < -0.4 is 9.47 Å². The number of fused-ring (bicyclic) bond motifs is 2. The van der Waals surface area contributed by atoms with Crippen molar-refractivity contribution in [1.82, 2.24) is 0 Å². The average Bonchev–Trinajstić information content (AvgIpc) is 2.65. The molecule has 3 heteroatoms. The van der Waals surface area contributed by atoms with E-state index in [0.29, 0.717) is 11.5 Å². The van der Waals surface area contributed by atoms with Crippen molar-refractivity contribution in [2.45, 2.75) is 6.92 Å². The van der Waals surface area contributed by atoms with Gasteiger partial charge < -0.3 is 9.47 Å². The van der Waals surface area contributed by atoms with Crippen molar-refractivity contribution in [2.24, 2.45) is 0 Å². The van der Waals surface area contributed by atoms with Crippen molar-refractivity contribution in [2.75, 3.05) is 6.61 Å². The van der Waals surface area contributed by atoms with Gasteiger partial charge in [-0.3, -0.25) is 0 Å². The first-order valence-corrected chi connectivity index (χ1v) is 8.51. The molecule has 0 aromatic heterocycles. The Morgan fingerprint density at radius 3 is 2.12 bits per heavy atom. The molecule has 0 amide bonds. The lowest BCUT2D eigenvalue weighted by Crippen LogP contribution is -2.18. The highest BCUT2D eigenvalue weighted by atomic mass is 16.6. The number of esters is 1. The Kier molecular flexibility index (Phi) is 4.28. The fourth-order valence-corrected chi connectivity index (χ4v) is 3.10. The first kappa shape index (κ1) is 16.2. The van der Waals surface area contributed by atoms with E-state index in [4.69, 9.17) is 9.47 Å². The van der Waals surface area contributed by atoms with Gasteiger partial charge in [0.1, 0.15) is 11.5 Å². The lowest BCUT2D eigenvalue weighted by atomic mass is 10.0. The van der Waals surface area contributed by atoms with Crippen LogP contribution in [0.25, 0.3) is 21.5 Å². The van der Waals surface area contributed by atoms with Crippen molar-refractivity contribution >= 4 is 27.5 Å². The van der Waals surface area contributed by atoms with E-state index in [2.05, 4.69) is 6.07 Å². The lowest BCUT2D eigenvalue weighted by molar-refractivity contribution is -0.136. The van der Waals surface area contributed by atoms with Gasteiger partial charge in [0.05, 0.1) is 0 Å². The molecular weight excluding hydrogens is 324 g/mol. The Balaban J connectivity index is 1.62. The first-order chi connectivity index (χ1) is 12.7. The minimum absolute atomic E-state index is 0.147. The summed E-state index contributed by atoms with van der Waals surface area (Å²) in [6.45, 7) is 1.81. The summed E-state index contributed by atoms with van der Waals surface area (Å²) in [4.78, 5) is 12.2. The van der Waals surface area contributed by atoms with E-state index >= 15 is 0 Å². The van der Waals surface area contributed by atoms with Crippen molar-refractivity contribution < 1.29 is 14.3 Å². The topological polar surface area (TPSA) is 35.5 Å². The van der Waals surface area contributed by atoms with E-state index in [1.807, 2.05) is 73.7 Å². The molecule has 0 fully saturated rings. The van der Waals surface area contributed by atoms with Crippen LogP contribution in [0.3, 0.4) is 0 Å². The summed E-state index contributed by atoms with van der Waals surface area (Å²) in [5.74, 6) is 0.814. The van der Waals surface area contributed by atoms with Gasteiger partial charge in [0.2, 0.25) is 0 Å². The number of hydrogen-bond acceptors (Lipinski definition) is 3. The zero-order valence-electron chi connectivity index (χ0n) is 14.4. The third-order valence-electron chi connectivity index (χ3n) is 4.28. The summed E-state index contributed by atoms with van der Waals surface area (Å²) in [6, 6.07) is 25.5. The number of hydrogen-bond donors (Lipinski definition) is 0. The van der Waals surface area contributed by atoms with Gasteiger partial charge in [-0.2, -0.15) is 0 Å². The van der Waals surface area contributed by atoms with E-state index in [1.54, 1.807) is 6.07 Å². The van der Waals surface area contributed by atoms with Crippen LogP contribution >= 0.6 is 0 Å². The van der Waals surface area contributed by atoms with Gasteiger partial charge in [-0.25, -0.2) is 4.79 Å². The molecule has 0 aliphatic heterocycles. The van der Waals surface area contributed by atoms with Gasteiger partial charge in [-0.15, -0.1) is 0 Å². The van der Waals surface area contributed by atoms with Gasteiger partial charge in [0, 0.05) is 10.8 Å². The molecule has 3 nitrogen and oxygen atoms in total. The third kappa shape index (κ3) is 3.24. The average molecular weight is 342 g/mol. The molecule has 128 valence electrons. The summed E-state index contributed by atoms with van der Waals surface area (Å²) in [5.41, 5.74) is 1.04. The van der Waals surface area contributed by atoms with Gasteiger partial charge in [0.15, 0.2) is 6.61 Å². The maximum atomic E-state index is 12.2. The molecule has 0 spiro atoms. The molecule has 0 aliphatic rings. The molecular formula is C23H18O3. The van der Waals surface area contributed by atoms with Crippen LogP contribution in [-0.4, -0.2) is 12.6 Å². The van der Waals surface area contributed by atoms with Crippen LogP contribution in [0.15, 0.2) is 78.9 Å². The number of ether oxygens (including phenoxy) is 2. The molecule has 0 unspecified atom stereocenters. The van der Waals surface area contributed by atoms with Crippen molar-refractivity contribution in [3.63, 3.8) is 0 Å². The van der Waals surface area contributed by atoms with Crippen LogP contribution in [0, 0.1) is 6.92 Å².